The molecule has 0 unspecified atom stereocenters. The van der Waals surface area contributed by atoms with Gasteiger partial charge in [0, 0.05) is 38.1 Å². The highest BCUT2D eigenvalue weighted by Crippen LogP contribution is 2.36. The third kappa shape index (κ3) is 5.21. The summed E-state index contributed by atoms with van der Waals surface area (Å²) in [6.45, 7) is 6.19. The number of hydrogen-bond donors (Lipinski definition) is 0. The highest BCUT2D eigenvalue weighted by molar-refractivity contribution is 6.10. The van der Waals surface area contributed by atoms with E-state index in [2.05, 4.69) is 205 Å². The number of fused-ring (bicyclic) bond motifs is 4. The first-order valence-electron chi connectivity index (χ1n) is 17.5. The van der Waals surface area contributed by atoms with Gasteiger partial charge in [0.1, 0.15) is 0 Å². The van der Waals surface area contributed by atoms with E-state index < -0.39 is 0 Å². The fraction of sp³-hybridized carbons (Fsp3) is 0.0204. The Hall–Kier alpha value is -6.64. The molecule has 2 heterocycles. The van der Waals surface area contributed by atoms with E-state index in [4.69, 9.17) is 0 Å². The van der Waals surface area contributed by atoms with Crippen LogP contribution in [-0.2, 0) is 0 Å². The lowest BCUT2D eigenvalue weighted by Crippen LogP contribution is -2.27. The van der Waals surface area contributed by atoms with E-state index in [0.717, 1.165) is 16.7 Å². The van der Waals surface area contributed by atoms with Crippen LogP contribution in [0.1, 0.15) is 6.92 Å². The summed E-state index contributed by atoms with van der Waals surface area (Å²) in [5.74, 6) is 0. The largest absolute Gasteiger partial charge is 0.310 e. The molecular weight excluding hydrogens is 617 g/mol. The summed E-state index contributed by atoms with van der Waals surface area (Å²) >= 11 is 0. The summed E-state index contributed by atoms with van der Waals surface area (Å²) < 4.78 is 4.75. The van der Waals surface area contributed by atoms with Gasteiger partial charge in [0.05, 0.1) is 16.6 Å². The van der Waals surface area contributed by atoms with Crippen molar-refractivity contribution in [1.29, 1.82) is 0 Å². The molecule has 9 aromatic rings. The lowest BCUT2D eigenvalue weighted by atomic mass is 10.0. The Labute approximate surface area is 297 Å². The van der Waals surface area contributed by atoms with E-state index in [9.17, 15) is 0 Å². The van der Waals surface area contributed by atoms with Crippen molar-refractivity contribution in [3.05, 3.63) is 193 Å². The number of allylic oxidation sites excluding steroid dienone is 1. The average molecular weight is 653 g/mol. The van der Waals surface area contributed by atoms with Crippen LogP contribution in [0.3, 0.4) is 0 Å². The molecule has 0 radical (unpaired) electrons. The highest BCUT2D eigenvalue weighted by atomic mass is 15.0. The van der Waals surface area contributed by atoms with Crippen molar-refractivity contribution in [1.82, 2.24) is 9.13 Å². The molecule has 0 aliphatic heterocycles. The van der Waals surface area contributed by atoms with Gasteiger partial charge in [-0.05, 0) is 94.9 Å². The Morgan fingerprint density at radius 3 is 1.43 bits per heavy atom. The van der Waals surface area contributed by atoms with Gasteiger partial charge in [-0.3, -0.25) is 0 Å². The highest BCUT2D eigenvalue weighted by Gasteiger charge is 2.15. The minimum absolute atomic E-state index is 1.13. The normalized spacial score (nSPS) is 12.3. The van der Waals surface area contributed by atoms with Crippen LogP contribution in [-0.4, -0.2) is 9.13 Å². The van der Waals surface area contributed by atoms with Crippen LogP contribution in [0.2, 0.25) is 0 Å². The number of hydrogen-bond acceptors (Lipinski definition) is 0. The molecule has 0 bridgehead atoms. The summed E-state index contributed by atoms with van der Waals surface area (Å²) in [5, 5.41) is 6.02. The van der Waals surface area contributed by atoms with Crippen molar-refractivity contribution in [2.75, 3.05) is 0 Å². The number of aromatic nitrogens is 2. The zero-order valence-corrected chi connectivity index (χ0v) is 28.5. The fourth-order valence-electron chi connectivity index (χ4n) is 7.67. The van der Waals surface area contributed by atoms with Gasteiger partial charge in [-0.1, -0.05) is 140 Å². The molecule has 9 rings (SSSR count). The second-order valence-corrected chi connectivity index (χ2v) is 13.0. The predicted molar refractivity (Wildman–Crippen MR) is 218 cm³/mol. The van der Waals surface area contributed by atoms with Gasteiger partial charge < -0.3 is 9.13 Å². The molecule has 0 fully saturated rings. The first-order valence-corrected chi connectivity index (χ1v) is 17.5. The van der Waals surface area contributed by atoms with E-state index in [0.29, 0.717) is 0 Å². The van der Waals surface area contributed by atoms with Crippen LogP contribution in [0, 0.1) is 0 Å². The van der Waals surface area contributed by atoms with Crippen molar-refractivity contribution in [2.24, 2.45) is 0 Å². The Morgan fingerprint density at radius 1 is 0.412 bits per heavy atom. The van der Waals surface area contributed by atoms with Crippen molar-refractivity contribution in [3.63, 3.8) is 0 Å². The summed E-state index contributed by atoms with van der Waals surface area (Å²) in [5.41, 5.74) is 13.1. The fourth-order valence-corrected chi connectivity index (χ4v) is 7.67. The summed E-state index contributed by atoms with van der Waals surface area (Å²) in [6, 6.07) is 61.4. The smallest absolute Gasteiger partial charge is 0.0541 e. The molecule has 0 saturated heterocycles. The van der Waals surface area contributed by atoms with Gasteiger partial charge in [0.2, 0.25) is 0 Å². The van der Waals surface area contributed by atoms with Crippen LogP contribution in [0.15, 0.2) is 183 Å². The molecule has 2 aromatic heterocycles. The zero-order chi connectivity index (χ0) is 34.3. The predicted octanol–water partition coefficient (Wildman–Crippen LogP) is 11.5. The SMILES string of the molecule is C=C/C=c1\c(=C/C)n(-c2ccc(-c3ccccc3)cc2)c2ccc(-c3ccc4c(c3)c3ccccc3n4-c3ccc(-c4ccccc4)cc3)cc12. The molecule has 0 amide bonds. The lowest BCUT2D eigenvalue weighted by molar-refractivity contribution is 1.07. The maximum atomic E-state index is 4.08. The van der Waals surface area contributed by atoms with Gasteiger partial charge in [-0.25, -0.2) is 0 Å². The molecule has 242 valence electrons. The van der Waals surface area contributed by atoms with E-state index in [-0.39, 0.29) is 0 Å². The Bertz CT molecular complexity index is 2840. The van der Waals surface area contributed by atoms with Crippen LogP contribution in [0.4, 0.5) is 0 Å². The molecular formula is C49H36N2. The summed E-state index contributed by atoms with van der Waals surface area (Å²) in [4.78, 5) is 0. The van der Waals surface area contributed by atoms with E-state index in [1.165, 1.54) is 71.3 Å². The maximum absolute atomic E-state index is 4.08. The maximum Gasteiger partial charge on any atom is 0.0541 e. The van der Waals surface area contributed by atoms with E-state index in [1.807, 2.05) is 6.08 Å². The lowest BCUT2D eigenvalue weighted by Gasteiger charge is -2.10. The van der Waals surface area contributed by atoms with Gasteiger partial charge in [-0.2, -0.15) is 0 Å². The molecule has 7 aromatic carbocycles. The first-order chi connectivity index (χ1) is 25.2. The van der Waals surface area contributed by atoms with Gasteiger partial charge in [0.15, 0.2) is 0 Å². The quantitative estimate of drug-likeness (QED) is 0.169. The standard InChI is InChI=1S/C49H36N2/c1-3-13-42-44-32-38(24-30-48(44)50(46(42)4-2)40-26-20-36(21-27-40)34-14-7-5-8-15-34)39-25-31-49-45(33-39)43-18-11-12-19-47(43)51(49)41-28-22-37(23-29-41)35-16-9-6-10-17-35/h3-33H,1H2,2H3/b42-13-,46-4+. The Morgan fingerprint density at radius 2 is 0.863 bits per heavy atom. The third-order valence-electron chi connectivity index (χ3n) is 10.1. The van der Waals surface area contributed by atoms with Crippen LogP contribution in [0.25, 0.3) is 89.6 Å². The molecule has 0 aliphatic rings. The number of benzene rings is 7. The van der Waals surface area contributed by atoms with Crippen molar-refractivity contribution < 1.29 is 0 Å². The molecule has 0 atom stereocenters. The van der Waals surface area contributed by atoms with Gasteiger partial charge >= 0.3 is 0 Å². The van der Waals surface area contributed by atoms with E-state index in [1.54, 1.807) is 0 Å². The molecule has 2 heteroatoms. The minimum atomic E-state index is 1.13. The number of para-hydroxylation sites is 1. The monoisotopic (exact) mass is 652 g/mol. The minimum Gasteiger partial charge on any atom is -0.310 e. The summed E-state index contributed by atoms with van der Waals surface area (Å²) in [6.07, 6.45) is 6.23. The molecule has 51 heavy (non-hydrogen) atoms. The van der Waals surface area contributed by atoms with Gasteiger partial charge in [0.25, 0.3) is 0 Å². The van der Waals surface area contributed by atoms with Crippen molar-refractivity contribution >= 4 is 44.9 Å². The Kier molecular flexibility index (Phi) is 7.56. The first kappa shape index (κ1) is 30.4. The third-order valence-corrected chi connectivity index (χ3v) is 10.1. The number of nitrogens with zero attached hydrogens (tertiary/aromatic N) is 2. The molecule has 0 aliphatic carbocycles. The second-order valence-electron chi connectivity index (χ2n) is 13.0. The topological polar surface area (TPSA) is 9.86 Å². The van der Waals surface area contributed by atoms with Crippen LogP contribution < -0.4 is 10.6 Å². The zero-order valence-electron chi connectivity index (χ0n) is 28.5. The van der Waals surface area contributed by atoms with Gasteiger partial charge in [-0.15, -0.1) is 0 Å². The summed E-state index contributed by atoms with van der Waals surface area (Å²) in [7, 11) is 0. The molecule has 2 nitrogen and oxygen atoms in total. The molecule has 0 N–H and O–H groups in total. The average Bonchev–Trinajstić information content (AvgIpc) is 3.70. The van der Waals surface area contributed by atoms with Crippen molar-refractivity contribution in [2.45, 2.75) is 6.92 Å². The Balaban J connectivity index is 1.16. The number of rotatable bonds is 6. The molecule has 0 spiro atoms. The van der Waals surface area contributed by atoms with Crippen molar-refractivity contribution in [3.8, 4) is 44.8 Å². The van der Waals surface area contributed by atoms with Crippen LogP contribution >= 0.6 is 0 Å². The molecule has 0 saturated carbocycles. The second kappa shape index (κ2) is 12.7. The van der Waals surface area contributed by atoms with E-state index >= 15 is 0 Å². The van der Waals surface area contributed by atoms with Crippen LogP contribution in [0.5, 0.6) is 0 Å².